The highest BCUT2D eigenvalue weighted by Crippen LogP contribution is 2.35. The maximum atomic E-state index is 14.4. The second-order valence-electron chi connectivity index (χ2n) is 9.81. The van der Waals surface area contributed by atoms with Gasteiger partial charge in [-0.25, -0.2) is 0 Å². The van der Waals surface area contributed by atoms with E-state index in [-0.39, 0.29) is 17.5 Å². The Morgan fingerprint density at radius 2 is 1.78 bits per heavy atom. The van der Waals surface area contributed by atoms with Crippen LogP contribution in [-0.2, 0) is 6.54 Å². The Kier molecular flexibility index (Phi) is 6.68. The zero-order chi connectivity index (χ0) is 25.2. The van der Waals surface area contributed by atoms with Gasteiger partial charge in [0.25, 0.3) is 11.5 Å². The molecule has 3 atom stereocenters. The molecule has 0 spiro atoms. The Bertz CT molecular complexity index is 1410. The molecular formula is C30H32N2O4. The number of rotatable bonds is 6. The van der Waals surface area contributed by atoms with E-state index in [4.69, 9.17) is 9.15 Å². The Morgan fingerprint density at radius 3 is 2.47 bits per heavy atom. The summed E-state index contributed by atoms with van der Waals surface area (Å²) in [5, 5.41) is 1.18. The molecule has 4 aromatic rings. The number of carbonyl (C=O) groups is 1. The van der Waals surface area contributed by atoms with Crippen LogP contribution < -0.4 is 10.3 Å². The molecule has 0 radical (unpaired) electrons. The summed E-state index contributed by atoms with van der Waals surface area (Å²) in [5.74, 6) is 2.25. The number of amides is 1. The number of carbonyl (C=O) groups excluding carboxylic acids is 1. The first-order valence-electron chi connectivity index (χ1n) is 12.6. The molecule has 0 saturated heterocycles. The van der Waals surface area contributed by atoms with Crippen LogP contribution in [0.15, 0.2) is 82.3 Å². The Labute approximate surface area is 211 Å². The minimum Gasteiger partial charge on any atom is -0.497 e. The smallest absolute Gasteiger partial charge is 0.262 e. The lowest BCUT2D eigenvalue weighted by Crippen LogP contribution is -2.47. The Hall–Kier alpha value is -3.80. The van der Waals surface area contributed by atoms with Gasteiger partial charge in [0.15, 0.2) is 0 Å². The van der Waals surface area contributed by atoms with Crippen molar-refractivity contribution in [3.8, 4) is 11.4 Å². The van der Waals surface area contributed by atoms with Gasteiger partial charge in [-0.2, -0.15) is 0 Å². The van der Waals surface area contributed by atoms with Crippen molar-refractivity contribution in [2.45, 2.75) is 45.7 Å². The second kappa shape index (κ2) is 10.1. The number of pyridine rings is 1. The van der Waals surface area contributed by atoms with E-state index in [1.807, 2.05) is 59.5 Å². The quantitative estimate of drug-likeness (QED) is 0.334. The van der Waals surface area contributed by atoms with Gasteiger partial charge >= 0.3 is 0 Å². The predicted molar refractivity (Wildman–Crippen MR) is 141 cm³/mol. The predicted octanol–water partition coefficient (Wildman–Crippen LogP) is 6.06. The van der Waals surface area contributed by atoms with Crippen LogP contribution in [0.3, 0.4) is 0 Å². The highest BCUT2D eigenvalue weighted by Gasteiger charge is 2.35. The molecule has 0 unspecified atom stereocenters. The van der Waals surface area contributed by atoms with E-state index in [9.17, 15) is 9.59 Å². The summed E-state index contributed by atoms with van der Waals surface area (Å²) in [6, 6.07) is 18.5. The molecule has 36 heavy (non-hydrogen) atoms. The van der Waals surface area contributed by atoms with Crippen LogP contribution in [0.4, 0.5) is 0 Å². The lowest BCUT2D eigenvalue weighted by Gasteiger charge is -2.41. The van der Waals surface area contributed by atoms with Crippen molar-refractivity contribution in [3.63, 3.8) is 0 Å². The molecular weight excluding hydrogens is 452 g/mol. The summed E-state index contributed by atoms with van der Waals surface area (Å²) in [6.45, 7) is 4.91. The van der Waals surface area contributed by atoms with Gasteiger partial charge in [0.1, 0.15) is 11.5 Å². The fourth-order valence-corrected chi connectivity index (χ4v) is 5.46. The third-order valence-electron chi connectivity index (χ3n) is 7.74. The number of methoxy groups -OCH3 is 1. The van der Waals surface area contributed by atoms with Crippen LogP contribution in [0.25, 0.3) is 16.5 Å². The van der Waals surface area contributed by atoms with Gasteiger partial charge in [-0.15, -0.1) is 0 Å². The van der Waals surface area contributed by atoms with Crippen LogP contribution >= 0.6 is 0 Å². The summed E-state index contributed by atoms with van der Waals surface area (Å²) < 4.78 is 12.5. The van der Waals surface area contributed by atoms with E-state index in [0.717, 1.165) is 18.6 Å². The van der Waals surface area contributed by atoms with Crippen LogP contribution in [0.2, 0.25) is 0 Å². The molecule has 0 aliphatic heterocycles. The van der Waals surface area contributed by atoms with Crippen molar-refractivity contribution in [3.05, 3.63) is 94.8 Å². The molecule has 0 N–H and O–H groups in total. The van der Waals surface area contributed by atoms with Crippen molar-refractivity contribution >= 4 is 16.7 Å². The maximum absolute atomic E-state index is 14.4. The standard InChI is InChI=1S/C30H32N2O4/c1-20-8-6-12-28(21(20)2)32(18-24-9-7-17-36-24)30(34)27-19-31(22-13-15-23(35-3)16-14-22)29(33)26-11-5-4-10-25(26)27/h4-5,7,9-11,13-17,19-21,28H,6,8,12,18H2,1-3H3/t20-,21+,28-/m1/s1. The fourth-order valence-electron chi connectivity index (χ4n) is 5.46. The molecule has 186 valence electrons. The van der Waals surface area contributed by atoms with Gasteiger partial charge in [0, 0.05) is 28.7 Å². The lowest BCUT2D eigenvalue weighted by atomic mass is 9.77. The van der Waals surface area contributed by atoms with E-state index in [2.05, 4.69) is 13.8 Å². The topological polar surface area (TPSA) is 64.7 Å². The highest BCUT2D eigenvalue weighted by atomic mass is 16.5. The van der Waals surface area contributed by atoms with Crippen molar-refractivity contribution in [1.82, 2.24) is 9.47 Å². The van der Waals surface area contributed by atoms with E-state index >= 15 is 0 Å². The van der Waals surface area contributed by atoms with Gasteiger partial charge in [0.2, 0.25) is 0 Å². The maximum Gasteiger partial charge on any atom is 0.262 e. The second-order valence-corrected chi connectivity index (χ2v) is 9.81. The number of aromatic nitrogens is 1. The van der Waals surface area contributed by atoms with E-state index < -0.39 is 0 Å². The number of nitrogens with zero attached hydrogens (tertiary/aromatic N) is 2. The summed E-state index contributed by atoms with van der Waals surface area (Å²) in [5.41, 5.74) is 1.03. The minimum atomic E-state index is -0.162. The van der Waals surface area contributed by atoms with Crippen LogP contribution in [-0.4, -0.2) is 28.5 Å². The Balaban J connectivity index is 1.65. The molecule has 6 heteroatoms. The average molecular weight is 485 g/mol. The zero-order valence-corrected chi connectivity index (χ0v) is 21.0. The number of hydrogen-bond acceptors (Lipinski definition) is 4. The normalized spacial score (nSPS) is 19.8. The summed E-state index contributed by atoms with van der Waals surface area (Å²) in [6.07, 6.45) is 6.55. The third kappa shape index (κ3) is 4.43. The largest absolute Gasteiger partial charge is 0.497 e. The summed E-state index contributed by atoms with van der Waals surface area (Å²) in [4.78, 5) is 29.8. The molecule has 1 saturated carbocycles. The number of ether oxygens (including phenoxy) is 1. The molecule has 2 aromatic carbocycles. The van der Waals surface area contributed by atoms with Crippen molar-refractivity contribution in [1.29, 1.82) is 0 Å². The van der Waals surface area contributed by atoms with Crippen LogP contribution in [0, 0.1) is 11.8 Å². The SMILES string of the molecule is COc1ccc(-n2cc(C(=O)N(Cc3ccco3)[C@@H]3CCC[C@@H](C)[C@@H]3C)c3ccccc3c2=O)cc1. The molecule has 1 aliphatic carbocycles. The zero-order valence-electron chi connectivity index (χ0n) is 21.0. The first-order valence-corrected chi connectivity index (χ1v) is 12.6. The molecule has 1 fully saturated rings. The molecule has 2 aromatic heterocycles. The lowest BCUT2D eigenvalue weighted by molar-refractivity contribution is 0.0428. The molecule has 2 heterocycles. The number of fused-ring (bicyclic) bond motifs is 1. The average Bonchev–Trinajstić information content (AvgIpc) is 3.43. The van der Waals surface area contributed by atoms with Crippen molar-refractivity contribution in [2.75, 3.05) is 7.11 Å². The van der Waals surface area contributed by atoms with Crippen LogP contribution in [0.1, 0.15) is 49.2 Å². The van der Waals surface area contributed by atoms with Gasteiger partial charge in [-0.3, -0.25) is 14.2 Å². The summed E-state index contributed by atoms with van der Waals surface area (Å²) >= 11 is 0. The van der Waals surface area contributed by atoms with Gasteiger partial charge in [0.05, 0.1) is 25.5 Å². The first kappa shape index (κ1) is 23.9. The highest BCUT2D eigenvalue weighted by molar-refractivity contribution is 6.06. The van der Waals surface area contributed by atoms with Gasteiger partial charge in [-0.1, -0.05) is 44.9 Å². The minimum absolute atomic E-state index is 0.0872. The van der Waals surface area contributed by atoms with Gasteiger partial charge in [-0.05, 0) is 60.7 Å². The molecule has 0 bridgehead atoms. The van der Waals surface area contributed by atoms with Gasteiger partial charge < -0.3 is 14.1 Å². The fraction of sp³-hybridized carbons (Fsp3) is 0.333. The first-order chi connectivity index (χ1) is 17.5. The number of furan rings is 1. The Morgan fingerprint density at radius 1 is 1.03 bits per heavy atom. The third-order valence-corrected chi connectivity index (χ3v) is 7.74. The van der Waals surface area contributed by atoms with E-state index in [1.54, 1.807) is 30.2 Å². The molecule has 1 amide bonds. The number of benzene rings is 2. The van der Waals surface area contributed by atoms with E-state index in [1.165, 1.54) is 6.42 Å². The summed E-state index contributed by atoms with van der Waals surface area (Å²) in [7, 11) is 1.61. The van der Waals surface area contributed by atoms with Crippen molar-refractivity contribution < 1.29 is 13.9 Å². The molecule has 1 aliphatic rings. The van der Waals surface area contributed by atoms with E-state index in [0.29, 0.717) is 46.2 Å². The molecule has 6 nitrogen and oxygen atoms in total. The number of hydrogen-bond donors (Lipinski definition) is 0. The van der Waals surface area contributed by atoms with Crippen molar-refractivity contribution in [2.24, 2.45) is 11.8 Å². The monoisotopic (exact) mass is 484 g/mol. The van der Waals surface area contributed by atoms with Crippen LogP contribution in [0.5, 0.6) is 5.75 Å². The molecule has 5 rings (SSSR count).